The molecule has 1 aliphatic heterocycles. The van der Waals surface area contributed by atoms with E-state index in [9.17, 15) is 19.1 Å². The highest BCUT2D eigenvalue weighted by atomic mass is 19.1. The molecule has 2 aromatic rings. The average Bonchev–Trinajstić information content (AvgIpc) is 3.15. The molecular formula is C15H15FN4O3. The zero-order valence-electron chi connectivity index (χ0n) is 12.4. The molecule has 1 atom stereocenters. The Balaban J connectivity index is 1.77. The summed E-state index contributed by atoms with van der Waals surface area (Å²) in [5, 5.41) is 16.9. The van der Waals surface area contributed by atoms with Crippen LogP contribution in [0.3, 0.4) is 0 Å². The summed E-state index contributed by atoms with van der Waals surface area (Å²) in [6, 6.07) is 5.62. The number of rotatable bonds is 3. The molecule has 0 spiro atoms. The first kappa shape index (κ1) is 15.1. The molecule has 1 aromatic carbocycles. The van der Waals surface area contributed by atoms with Gasteiger partial charge in [-0.1, -0.05) is 5.21 Å². The molecule has 1 fully saturated rings. The minimum absolute atomic E-state index is 0.129. The Morgan fingerprint density at radius 2 is 2.00 bits per heavy atom. The highest BCUT2D eigenvalue weighted by molar-refractivity contribution is 5.93. The van der Waals surface area contributed by atoms with Crippen LogP contribution in [0, 0.1) is 11.2 Å². The van der Waals surface area contributed by atoms with E-state index < -0.39 is 11.4 Å². The lowest BCUT2D eigenvalue weighted by Gasteiger charge is -2.19. The minimum atomic E-state index is -0.928. The smallest absolute Gasteiger partial charge is 0.311 e. The zero-order valence-corrected chi connectivity index (χ0v) is 12.4. The molecule has 7 nitrogen and oxygen atoms in total. The van der Waals surface area contributed by atoms with Crippen LogP contribution in [-0.2, 0) is 4.79 Å². The topological polar surface area (TPSA) is 88.3 Å². The Hall–Kier alpha value is -2.77. The number of likely N-dealkylation sites (tertiary alicyclic amines) is 1. The summed E-state index contributed by atoms with van der Waals surface area (Å²) < 4.78 is 14.3. The maximum Gasteiger partial charge on any atom is 0.311 e. The van der Waals surface area contributed by atoms with Crippen LogP contribution in [-0.4, -0.2) is 50.0 Å². The van der Waals surface area contributed by atoms with Gasteiger partial charge in [-0.25, -0.2) is 9.07 Å². The Bertz CT molecular complexity index is 758. The van der Waals surface area contributed by atoms with Crippen molar-refractivity contribution in [2.45, 2.75) is 13.3 Å². The lowest BCUT2D eigenvalue weighted by Crippen LogP contribution is -2.35. The predicted octanol–water partition coefficient (Wildman–Crippen LogP) is 1.34. The van der Waals surface area contributed by atoms with Crippen LogP contribution in [0.2, 0.25) is 0 Å². The van der Waals surface area contributed by atoms with Crippen molar-refractivity contribution in [2.75, 3.05) is 13.1 Å². The van der Waals surface area contributed by atoms with Crippen LogP contribution in [0.25, 0.3) is 5.69 Å². The fraction of sp³-hybridized carbons (Fsp3) is 0.333. The second kappa shape index (κ2) is 5.45. The van der Waals surface area contributed by atoms with Crippen molar-refractivity contribution in [1.29, 1.82) is 0 Å². The number of aromatic nitrogens is 3. The van der Waals surface area contributed by atoms with Gasteiger partial charge >= 0.3 is 5.97 Å². The molecule has 0 radical (unpaired) electrons. The number of carboxylic acid groups (broad SMARTS) is 1. The number of carboxylic acids is 1. The largest absolute Gasteiger partial charge is 0.481 e. The summed E-state index contributed by atoms with van der Waals surface area (Å²) in [5.41, 5.74) is -0.221. The molecule has 1 aliphatic rings. The molecule has 1 aromatic heterocycles. The third-order valence-electron chi connectivity index (χ3n) is 4.08. The van der Waals surface area contributed by atoms with Crippen LogP contribution in [0.15, 0.2) is 30.5 Å². The maximum absolute atomic E-state index is 12.9. The van der Waals surface area contributed by atoms with Gasteiger partial charge in [-0.3, -0.25) is 9.59 Å². The van der Waals surface area contributed by atoms with E-state index in [4.69, 9.17) is 0 Å². The third-order valence-corrected chi connectivity index (χ3v) is 4.08. The molecule has 0 saturated carbocycles. The van der Waals surface area contributed by atoms with Crippen LogP contribution in [0.5, 0.6) is 0 Å². The van der Waals surface area contributed by atoms with E-state index in [0.717, 1.165) is 0 Å². The third kappa shape index (κ3) is 2.79. The van der Waals surface area contributed by atoms with Crippen molar-refractivity contribution >= 4 is 11.9 Å². The van der Waals surface area contributed by atoms with Crippen LogP contribution >= 0.6 is 0 Å². The summed E-state index contributed by atoms with van der Waals surface area (Å²) in [6.45, 7) is 2.13. The number of aliphatic carboxylic acids is 1. The second-order valence-corrected chi connectivity index (χ2v) is 5.87. The van der Waals surface area contributed by atoms with Gasteiger partial charge in [-0.05, 0) is 37.6 Å². The number of carbonyl (C=O) groups is 2. The van der Waals surface area contributed by atoms with Gasteiger partial charge in [-0.15, -0.1) is 5.10 Å². The van der Waals surface area contributed by atoms with Gasteiger partial charge in [0.1, 0.15) is 5.82 Å². The van der Waals surface area contributed by atoms with Gasteiger partial charge in [0.25, 0.3) is 5.91 Å². The average molecular weight is 318 g/mol. The number of nitrogens with zero attached hydrogens (tertiary/aromatic N) is 4. The van der Waals surface area contributed by atoms with Crippen LogP contribution in [0.4, 0.5) is 4.39 Å². The van der Waals surface area contributed by atoms with E-state index in [-0.39, 0.29) is 24.0 Å². The zero-order chi connectivity index (χ0) is 16.6. The molecular weight excluding hydrogens is 303 g/mol. The Morgan fingerprint density at radius 3 is 2.61 bits per heavy atom. The second-order valence-electron chi connectivity index (χ2n) is 5.87. The van der Waals surface area contributed by atoms with Gasteiger partial charge in [0.2, 0.25) is 0 Å². The van der Waals surface area contributed by atoms with Gasteiger partial charge in [0.05, 0.1) is 17.3 Å². The first-order chi connectivity index (χ1) is 10.9. The summed E-state index contributed by atoms with van der Waals surface area (Å²) in [7, 11) is 0. The van der Waals surface area contributed by atoms with Crippen molar-refractivity contribution in [3.8, 4) is 5.69 Å². The van der Waals surface area contributed by atoms with E-state index in [1.54, 1.807) is 6.92 Å². The van der Waals surface area contributed by atoms with Gasteiger partial charge in [0.15, 0.2) is 5.69 Å². The number of benzene rings is 1. The fourth-order valence-corrected chi connectivity index (χ4v) is 2.55. The lowest BCUT2D eigenvalue weighted by molar-refractivity contribution is -0.147. The SMILES string of the molecule is CC1(C(=O)O)CCN(C(=O)c2cn(-c3ccc(F)cc3)nn2)C1. The molecule has 120 valence electrons. The molecule has 1 N–H and O–H groups in total. The molecule has 1 saturated heterocycles. The standard InChI is InChI=1S/C15H15FN4O3/c1-15(14(22)23)6-7-19(9-15)13(21)12-8-20(18-17-12)11-4-2-10(16)3-5-11/h2-5,8H,6-7,9H2,1H3,(H,22,23). The van der Waals surface area contributed by atoms with E-state index in [2.05, 4.69) is 10.3 Å². The number of halogens is 1. The normalized spacial score (nSPS) is 20.7. The Morgan fingerprint density at radius 1 is 1.30 bits per heavy atom. The van der Waals surface area contributed by atoms with Gasteiger partial charge in [0, 0.05) is 13.1 Å². The van der Waals surface area contributed by atoms with Crippen molar-refractivity contribution in [3.63, 3.8) is 0 Å². The van der Waals surface area contributed by atoms with Crippen LogP contribution in [0.1, 0.15) is 23.8 Å². The minimum Gasteiger partial charge on any atom is -0.481 e. The molecule has 0 bridgehead atoms. The number of hydrogen-bond acceptors (Lipinski definition) is 4. The summed E-state index contributed by atoms with van der Waals surface area (Å²) in [6.07, 6.45) is 1.85. The predicted molar refractivity (Wildman–Crippen MR) is 77.6 cm³/mol. The van der Waals surface area contributed by atoms with Crippen LogP contribution < -0.4 is 0 Å². The van der Waals surface area contributed by atoms with E-state index in [1.165, 1.54) is 40.0 Å². The molecule has 8 heteroatoms. The Kier molecular flexibility index (Phi) is 3.59. The van der Waals surface area contributed by atoms with Crippen molar-refractivity contribution < 1.29 is 19.1 Å². The van der Waals surface area contributed by atoms with E-state index >= 15 is 0 Å². The summed E-state index contributed by atoms with van der Waals surface area (Å²) in [5.74, 6) is -1.64. The lowest BCUT2D eigenvalue weighted by atomic mass is 9.90. The highest BCUT2D eigenvalue weighted by Crippen LogP contribution is 2.30. The first-order valence-electron chi connectivity index (χ1n) is 7.10. The molecule has 3 rings (SSSR count). The first-order valence-corrected chi connectivity index (χ1v) is 7.10. The summed E-state index contributed by atoms with van der Waals surface area (Å²) in [4.78, 5) is 25.1. The van der Waals surface area contributed by atoms with E-state index in [0.29, 0.717) is 18.7 Å². The van der Waals surface area contributed by atoms with Gasteiger partial charge in [-0.2, -0.15) is 0 Å². The van der Waals surface area contributed by atoms with Crippen molar-refractivity contribution in [2.24, 2.45) is 5.41 Å². The molecule has 23 heavy (non-hydrogen) atoms. The Labute approximate surface area is 131 Å². The quantitative estimate of drug-likeness (QED) is 0.922. The van der Waals surface area contributed by atoms with Crippen molar-refractivity contribution in [1.82, 2.24) is 19.9 Å². The highest BCUT2D eigenvalue weighted by Gasteiger charge is 2.42. The fourth-order valence-electron chi connectivity index (χ4n) is 2.55. The molecule has 1 unspecified atom stereocenters. The molecule has 2 heterocycles. The number of carbonyl (C=O) groups excluding carboxylic acids is 1. The summed E-state index contributed by atoms with van der Waals surface area (Å²) >= 11 is 0. The maximum atomic E-state index is 12.9. The van der Waals surface area contributed by atoms with E-state index in [1.807, 2.05) is 0 Å². The number of amides is 1. The van der Waals surface area contributed by atoms with Crippen molar-refractivity contribution in [3.05, 3.63) is 42.0 Å². The monoisotopic (exact) mass is 318 g/mol. The molecule has 1 amide bonds. The van der Waals surface area contributed by atoms with Gasteiger partial charge < -0.3 is 10.0 Å². The molecule has 0 aliphatic carbocycles. The number of hydrogen-bond donors (Lipinski definition) is 1.